The number of hydrogen-bond donors (Lipinski definition) is 1. The second-order valence-corrected chi connectivity index (χ2v) is 6.96. The van der Waals surface area contributed by atoms with Crippen LogP contribution in [0.1, 0.15) is 11.1 Å². The maximum Gasteiger partial charge on any atom is 0.416 e. The van der Waals surface area contributed by atoms with Crippen molar-refractivity contribution >= 4 is 15.7 Å². The average molecular weight is 383 g/mol. The third-order valence-corrected chi connectivity index (χ3v) is 3.76. The van der Waals surface area contributed by atoms with Crippen molar-refractivity contribution < 1.29 is 34.8 Å². The molecule has 0 atom stereocenters. The maximum absolute atomic E-state index is 12.8. The van der Waals surface area contributed by atoms with E-state index >= 15 is 0 Å². The second kappa shape index (κ2) is 6.25. The Kier molecular flexibility index (Phi) is 4.77. The first kappa shape index (κ1) is 19.1. The lowest BCUT2D eigenvalue weighted by Gasteiger charge is -2.15. The average Bonchev–Trinajstić information content (AvgIpc) is 2.44. The normalized spacial score (nSPS) is 12.9. The van der Waals surface area contributed by atoms with Crippen molar-refractivity contribution in [1.29, 1.82) is 0 Å². The third-order valence-electron chi connectivity index (χ3n) is 3.17. The highest BCUT2D eigenvalue weighted by atomic mass is 32.2. The number of nitrogens with one attached hydrogen (secondary N) is 1. The molecule has 0 saturated heterocycles. The predicted molar refractivity (Wildman–Crippen MR) is 80.3 cm³/mol. The summed E-state index contributed by atoms with van der Waals surface area (Å²) in [5.74, 6) is 0. The van der Waals surface area contributed by atoms with Gasteiger partial charge in [-0.15, -0.1) is 0 Å². The van der Waals surface area contributed by atoms with Crippen molar-refractivity contribution in [3.63, 3.8) is 0 Å². The van der Waals surface area contributed by atoms with Crippen LogP contribution in [0, 0.1) is 0 Å². The molecule has 0 spiro atoms. The first-order valence-electron chi connectivity index (χ1n) is 6.64. The van der Waals surface area contributed by atoms with Crippen molar-refractivity contribution in [3.05, 3.63) is 53.6 Å². The minimum atomic E-state index is -4.70. The fraction of sp³-hybridized carbons (Fsp3) is 0.200. The van der Waals surface area contributed by atoms with Crippen LogP contribution in [-0.4, -0.2) is 14.7 Å². The molecular weight excluding hydrogens is 372 g/mol. The SMILES string of the molecule is CS(=O)(=O)Nc1cc(C(F)(F)F)ccc1-c1ccc(C(F)(F)F)cc1. The summed E-state index contributed by atoms with van der Waals surface area (Å²) in [5, 5.41) is 0. The summed E-state index contributed by atoms with van der Waals surface area (Å²) in [6.07, 6.45) is -8.51. The van der Waals surface area contributed by atoms with Crippen LogP contribution in [0.4, 0.5) is 32.0 Å². The highest BCUT2D eigenvalue weighted by molar-refractivity contribution is 7.92. The van der Waals surface area contributed by atoms with Crippen LogP contribution in [0.15, 0.2) is 42.5 Å². The van der Waals surface area contributed by atoms with Gasteiger partial charge in [0.2, 0.25) is 10.0 Å². The third kappa shape index (κ3) is 4.88. The molecule has 3 nitrogen and oxygen atoms in total. The smallest absolute Gasteiger partial charge is 0.283 e. The predicted octanol–water partition coefficient (Wildman–Crippen LogP) is 4.76. The van der Waals surface area contributed by atoms with Crippen LogP contribution in [0.5, 0.6) is 0 Å². The zero-order chi connectivity index (χ0) is 19.0. The summed E-state index contributed by atoms with van der Waals surface area (Å²) < 4.78 is 101. The highest BCUT2D eigenvalue weighted by Crippen LogP contribution is 2.37. The molecule has 0 aliphatic carbocycles. The molecule has 2 rings (SSSR count). The molecule has 0 aromatic heterocycles. The van der Waals surface area contributed by atoms with Crippen LogP contribution in [0.25, 0.3) is 11.1 Å². The Bertz CT molecular complexity index is 870. The van der Waals surface area contributed by atoms with Gasteiger partial charge in [0.15, 0.2) is 0 Å². The highest BCUT2D eigenvalue weighted by Gasteiger charge is 2.32. The van der Waals surface area contributed by atoms with E-state index in [9.17, 15) is 34.8 Å². The van der Waals surface area contributed by atoms with Gasteiger partial charge in [-0.25, -0.2) is 8.42 Å². The monoisotopic (exact) mass is 383 g/mol. The Balaban J connectivity index is 2.56. The van der Waals surface area contributed by atoms with Crippen LogP contribution in [-0.2, 0) is 22.4 Å². The molecule has 136 valence electrons. The summed E-state index contributed by atoms with van der Waals surface area (Å²) >= 11 is 0. The molecule has 10 heteroatoms. The Morgan fingerprint density at radius 3 is 1.72 bits per heavy atom. The van der Waals surface area contributed by atoms with Crippen LogP contribution >= 0.6 is 0 Å². The number of benzene rings is 2. The number of sulfonamides is 1. The molecule has 2 aromatic carbocycles. The molecule has 0 fully saturated rings. The van der Waals surface area contributed by atoms with Gasteiger partial charge in [-0.1, -0.05) is 18.2 Å². The first-order valence-corrected chi connectivity index (χ1v) is 8.53. The van der Waals surface area contributed by atoms with Gasteiger partial charge in [-0.05, 0) is 29.8 Å². The Labute approximate surface area is 139 Å². The number of anilines is 1. The number of rotatable bonds is 3. The van der Waals surface area contributed by atoms with Crippen molar-refractivity contribution in [2.45, 2.75) is 12.4 Å². The lowest BCUT2D eigenvalue weighted by Crippen LogP contribution is -2.12. The lowest BCUT2D eigenvalue weighted by atomic mass is 10.00. The van der Waals surface area contributed by atoms with E-state index in [2.05, 4.69) is 0 Å². The van der Waals surface area contributed by atoms with E-state index in [1.54, 1.807) is 0 Å². The maximum atomic E-state index is 12.8. The van der Waals surface area contributed by atoms with E-state index < -0.39 is 33.5 Å². The van der Waals surface area contributed by atoms with E-state index in [-0.39, 0.29) is 16.8 Å². The zero-order valence-electron chi connectivity index (χ0n) is 12.5. The molecule has 0 bridgehead atoms. The van der Waals surface area contributed by atoms with Crippen molar-refractivity contribution in [2.24, 2.45) is 0 Å². The van der Waals surface area contributed by atoms with Gasteiger partial charge >= 0.3 is 12.4 Å². The fourth-order valence-electron chi connectivity index (χ4n) is 2.10. The quantitative estimate of drug-likeness (QED) is 0.777. The summed E-state index contributed by atoms with van der Waals surface area (Å²) in [7, 11) is -3.90. The van der Waals surface area contributed by atoms with Crippen molar-refractivity contribution in [2.75, 3.05) is 11.0 Å². The second-order valence-electron chi connectivity index (χ2n) is 5.21. The van der Waals surface area contributed by atoms with Crippen LogP contribution in [0.2, 0.25) is 0 Å². The van der Waals surface area contributed by atoms with Crippen LogP contribution in [0.3, 0.4) is 0 Å². The Hall–Kier alpha value is -2.23. The van der Waals surface area contributed by atoms with Gasteiger partial charge in [0.25, 0.3) is 0 Å². The molecule has 0 saturated carbocycles. The van der Waals surface area contributed by atoms with Crippen molar-refractivity contribution in [1.82, 2.24) is 0 Å². The molecule has 0 unspecified atom stereocenters. The van der Waals surface area contributed by atoms with Gasteiger partial charge in [-0.2, -0.15) is 26.3 Å². The summed E-state index contributed by atoms with van der Waals surface area (Å²) in [5.41, 5.74) is -2.24. The Morgan fingerprint density at radius 2 is 1.28 bits per heavy atom. The van der Waals surface area contributed by atoms with Gasteiger partial charge in [0, 0.05) is 5.56 Å². The van der Waals surface area contributed by atoms with Gasteiger partial charge in [0.1, 0.15) is 0 Å². The molecule has 25 heavy (non-hydrogen) atoms. The zero-order valence-corrected chi connectivity index (χ0v) is 13.4. The van der Waals surface area contributed by atoms with E-state index in [1.165, 1.54) is 0 Å². The summed E-state index contributed by atoms with van der Waals surface area (Å²) in [4.78, 5) is 0. The number of hydrogen-bond acceptors (Lipinski definition) is 2. The van der Waals surface area contributed by atoms with E-state index in [0.717, 1.165) is 42.7 Å². The lowest BCUT2D eigenvalue weighted by molar-refractivity contribution is -0.138. The van der Waals surface area contributed by atoms with E-state index in [4.69, 9.17) is 0 Å². The topological polar surface area (TPSA) is 46.2 Å². The summed E-state index contributed by atoms with van der Waals surface area (Å²) in [6.45, 7) is 0. The van der Waals surface area contributed by atoms with E-state index in [0.29, 0.717) is 6.07 Å². The van der Waals surface area contributed by atoms with Crippen molar-refractivity contribution in [3.8, 4) is 11.1 Å². The van der Waals surface area contributed by atoms with Gasteiger partial charge in [0.05, 0.1) is 23.1 Å². The molecular formula is C15H11F6NO2S. The van der Waals surface area contributed by atoms with Gasteiger partial charge < -0.3 is 0 Å². The molecule has 2 aromatic rings. The molecule has 0 radical (unpaired) electrons. The minimum absolute atomic E-state index is 0.0205. The molecule has 0 heterocycles. The molecule has 0 amide bonds. The first-order chi connectivity index (χ1) is 11.3. The summed E-state index contributed by atoms with van der Waals surface area (Å²) in [6, 6.07) is 5.94. The van der Waals surface area contributed by atoms with Crippen LogP contribution < -0.4 is 4.72 Å². The van der Waals surface area contributed by atoms with E-state index in [1.807, 2.05) is 4.72 Å². The number of halogens is 6. The Morgan fingerprint density at radius 1 is 0.800 bits per heavy atom. The standard InChI is InChI=1S/C15H11F6NO2S/c1-25(23,24)22-13-8-11(15(19,20)21)6-7-12(13)9-2-4-10(5-3-9)14(16,17)18/h2-8,22H,1H3. The molecule has 0 aliphatic heterocycles. The minimum Gasteiger partial charge on any atom is -0.283 e. The van der Waals surface area contributed by atoms with Gasteiger partial charge in [-0.3, -0.25) is 4.72 Å². The number of alkyl halides is 6. The largest absolute Gasteiger partial charge is 0.416 e. The molecule has 0 aliphatic rings. The molecule has 1 N–H and O–H groups in total. The fourth-order valence-corrected chi connectivity index (χ4v) is 2.66.